The van der Waals surface area contributed by atoms with Gasteiger partial charge in [-0.25, -0.2) is 9.59 Å². The van der Waals surface area contributed by atoms with Gasteiger partial charge in [-0.1, -0.05) is 5.16 Å². The Labute approximate surface area is 217 Å². The van der Waals surface area contributed by atoms with Crippen LogP contribution in [0.15, 0.2) is 62.2 Å². The van der Waals surface area contributed by atoms with Crippen molar-refractivity contribution in [3.05, 3.63) is 53.9 Å². The van der Waals surface area contributed by atoms with Crippen LogP contribution in [0.3, 0.4) is 0 Å². The van der Waals surface area contributed by atoms with Gasteiger partial charge in [0, 0.05) is 24.4 Å². The molecule has 3 aromatic rings. The lowest BCUT2D eigenvalue weighted by atomic mass is 10.0. The smallest absolute Gasteiger partial charge is 0.433 e. The van der Waals surface area contributed by atoms with E-state index in [0.717, 1.165) is 16.5 Å². The first-order valence-electron chi connectivity index (χ1n) is 11.0. The maximum atomic E-state index is 13.1. The molecule has 2 aliphatic rings. The number of rotatable bonds is 7. The molecule has 5 heterocycles. The van der Waals surface area contributed by atoms with Gasteiger partial charge in [0.15, 0.2) is 18.5 Å². The second kappa shape index (κ2) is 9.89. The number of oxime groups is 1. The number of carboxylic acid groups (broad SMARTS) is 1. The van der Waals surface area contributed by atoms with E-state index in [4.69, 9.17) is 14.6 Å². The number of hydrogen-bond acceptors (Lipinski definition) is 11. The van der Waals surface area contributed by atoms with E-state index in [9.17, 15) is 24.3 Å². The highest BCUT2D eigenvalue weighted by Gasteiger charge is 2.55. The maximum Gasteiger partial charge on any atom is 0.433 e. The predicted octanol–water partition coefficient (Wildman–Crippen LogP) is -0.211. The number of amides is 3. The van der Waals surface area contributed by atoms with Crippen LogP contribution in [-0.4, -0.2) is 68.8 Å². The number of nitrogen functional groups attached to an aromatic ring is 1. The number of β-lactam (4-membered cyclic amide) rings is 1. The van der Waals surface area contributed by atoms with Gasteiger partial charge in [-0.15, -0.1) is 11.8 Å². The summed E-state index contributed by atoms with van der Waals surface area (Å²) in [5.74, 6) is -2.52. The summed E-state index contributed by atoms with van der Waals surface area (Å²) in [6.45, 7) is 0.189. The van der Waals surface area contributed by atoms with Crippen molar-refractivity contribution in [3.8, 4) is 0 Å². The SMILES string of the molecule is CNC(=O)ON=C(C(=O)NC1C(=O)N2C(C(=O)O)=C(C[n+]3cccc4ccoc43)CS[C@@H]12)c1coc(N)n1. The van der Waals surface area contributed by atoms with Crippen LogP contribution in [-0.2, 0) is 25.8 Å². The lowest BCUT2D eigenvalue weighted by Crippen LogP contribution is -2.71. The first kappa shape index (κ1) is 24.8. The third-order valence-electron chi connectivity index (χ3n) is 5.78. The van der Waals surface area contributed by atoms with Crippen molar-refractivity contribution in [2.24, 2.45) is 5.16 Å². The van der Waals surface area contributed by atoms with Gasteiger partial charge < -0.3 is 30.3 Å². The lowest BCUT2D eigenvalue weighted by molar-refractivity contribution is -0.669. The Hall–Kier alpha value is -4.86. The van der Waals surface area contributed by atoms with Crippen molar-refractivity contribution < 1.29 is 42.5 Å². The molecule has 5 rings (SSSR count). The van der Waals surface area contributed by atoms with E-state index in [-0.39, 0.29) is 29.7 Å². The Kier molecular flexibility index (Phi) is 6.46. The zero-order valence-corrected chi connectivity index (χ0v) is 20.4. The highest BCUT2D eigenvalue weighted by molar-refractivity contribution is 8.00. The third-order valence-corrected chi connectivity index (χ3v) is 7.12. The summed E-state index contributed by atoms with van der Waals surface area (Å²) in [4.78, 5) is 59.3. The first-order valence-corrected chi connectivity index (χ1v) is 12.1. The van der Waals surface area contributed by atoms with Crippen molar-refractivity contribution >= 4 is 58.5 Å². The second-order valence-corrected chi connectivity index (χ2v) is 9.18. The molecule has 0 spiro atoms. The van der Waals surface area contributed by atoms with Gasteiger partial charge in [-0.2, -0.15) is 9.55 Å². The Morgan fingerprint density at radius 2 is 2.18 bits per heavy atom. The third kappa shape index (κ3) is 4.40. The largest absolute Gasteiger partial charge is 0.477 e. The number of nitrogens with zero attached hydrogens (tertiary/aromatic N) is 4. The molecule has 1 fully saturated rings. The number of carbonyl (C=O) groups is 4. The molecule has 0 aromatic carbocycles. The normalized spacial score (nSPS) is 19.1. The second-order valence-electron chi connectivity index (χ2n) is 8.08. The number of oxazole rings is 1. The van der Waals surface area contributed by atoms with Gasteiger partial charge in [-0.3, -0.25) is 19.3 Å². The number of anilines is 1. The summed E-state index contributed by atoms with van der Waals surface area (Å²) in [5.41, 5.74) is 5.77. The van der Waals surface area contributed by atoms with Gasteiger partial charge in [0.2, 0.25) is 0 Å². The summed E-state index contributed by atoms with van der Waals surface area (Å²) < 4.78 is 12.2. The molecular weight excluding hydrogens is 522 g/mol. The number of nitrogens with two attached hydrogens (primary N) is 1. The first-order chi connectivity index (χ1) is 18.3. The standard InChI is InChI=1S/C22H19N7O8S/c1-24-22(34)37-27-13(12-8-36-21(23)25-12)16(30)26-14-17(31)29-15(20(32)33)11(9-38-19(14)29)7-28-5-2-3-10-4-6-35-18(10)28/h2-6,8,14,19H,7,9H2,1H3,(H4-,23,24,25,26,30,32,33,34)/p+1/t14?,19-/m0/s1. The number of aromatic nitrogens is 2. The topological polar surface area (TPSA) is 206 Å². The molecule has 196 valence electrons. The van der Waals surface area contributed by atoms with E-state index < -0.39 is 41.0 Å². The minimum absolute atomic E-state index is 0.138. The number of aliphatic carboxylic acids is 1. The molecule has 3 amide bonds. The summed E-state index contributed by atoms with van der Waals surface area (Å²) in [6.07, 6.45) is 3.37. The minimum Gasteiger partial charge on any atom is -0.477 e. The van der Waals surface area contributed by atoms with E-state index in [0.29, 0.717) is 11.3 Å². The van der Waals surface area contributed by atoms with Gasteiger partial charge in [-0.05, 0) is 12.1 Å². The van der Waals surface area contributed by atoms with Gasteiger partial charge in [0.05, 0.1) is 11.6 Å². The summed E-state index contributed by atoms with van der Waals surface area (Å²) in [7, 11) is 1.29. The monoisotopic (exact) mass is 542 g/mol. The highest BCUT2D eigenvalue weighted by atomic mass is 32.2. The molecule has 0 bridgehead atoms. The zero-order valence-electron chi connectivity index (χ0n) is 19.6. The fourth-order valence-electron chi connectivity index (χ4n) is 4.07. The predicted molar refractivity (Wildman–Crippen MR) is 129 cm³/mol. The van der Waals surface area contributed by atoms with Crippen LogP contribution in [0.5, 0.6) is 0 Å². The number of carboxylic acids is 1. The Balaban J connectivity index is 1.37. The average molecular weight is 543 g/mol. The molecule has 1 saturated heterocycles. The Bertz CT molecular complexity index is 1530. The lowest BCUT2D eigenvalue weighted by Gasteiger charge is -2.49. The van der Waals surface area contributed by atoms with E-state index in [1.807, 2.05) is 12.1 Å². The Morgan fingerprint density at radius 3 is 2.89 bits per heavy atom. The number of thioether (sulfide) groups is 1. The minimum atomic E-state index is -1.27. The van der Waals surface area contributed by atoms with Crippen molar-refractivity contribution in [3.63, 3.8) is 0 Å². The van der Waals surface area contributed by atoms with Crippen LogP contribution in [0.25, 0.3) is 11.1 Å². The number of furan rings is 1. The highest BCUT2D eigenvalue weighted by Crippen LogP contribution is 2.40. The molecular formula is C22H20N7O8S+. The van der Waals surface area contributed by atoms with Crippen LogP contribution in [0.2, 0.25) is 0 Å². The number of nitrogens with one attached hydrogen (secondary N) is 2. The van der Waals surface area contributed by atoms with Crippen LogP contribution in [0.1, 0.15) is 5.69 Å². The number of pyridine rings is 1. The summed E-state index contributed by atoms with van der Waals surface area (Å²) in [6, 6.07) is 4.14. The molecule has 15 nitrogen and oxygen atoms in total. The van der Waals surface area contributed by atoms with E-state index in [1.54, 1.807) is 16.8 Å². The number of fused-ring (bicyclic) bond motifs is 2. The van der Waals surface area contributed by atoms with Gasteiger partial charge in [0.1, 0.15) is 29.1 Å². The van der Waals surface area contributed by atoms with E-state index in [2.05, 4.69) is 25.6 Å². The van der Waals surface area contributed by atoms with Crippen molar-refractivity contribution in [2.75, 3.05) is 18.5 Å². The van der Waals surface area contributed by atoms with Crippen molar-refractivity contribution in [1.82, 2.24) is 20.5 Å². The van der Waals surface area contributed by atoms with Crippen LogP contribution < -0.4 is 20.9 Å². The van der Waals surface area contributed by atoms with Crippen LogP contribution in [0.4, 0.5) is 10.8 Å². The van der Waals surface area contributed by atoms with Crippen molar-refractivity contribution in [1.29, 1.82) is 0 Å². The molecule has 2 aliphatic heterocycles. The molecule has 0 radical (unpaired) electrons. The Morgan fingerprint density at radius 1 is 1.37 bits per heavy atom. The molecule has 5 N–H and O–H groups in total. The number of hydrogen-bond donors (Lipinski definition) is 4. The van der Waals surface area contributed by atoms with E-state index in [1.165, 1.54) is 25.1 Å². The molecule has 1 unspecified atom stereocenters. The molecule has 2 atom stereocenters. The summed E-state index contributed by atoms with van der Waals surface area (Å²) >= 11 is 1.29. The fourth-order valence-corrected chi connectivity index (χ4v) is 5.40. The van der Waals surface area contributed by atoms with Gasteiger partial charge >= 0.3 is 17.8 Å². The molecule has 3 aromatic heterocycles. The molecule has 38 heavy (non-hydrogen) atoms. The summed E-state index contributed by atoms with van der Waals surface area (Å²) in [5, 5.41) is 18.3. The molecule has 0 saturated carbocycles. The average Bonchev–Trinajstić information content (AvgIpc) is 3.56. The van der Waals surface area contributed by atoms with Gasteiger partial charge in [0.25, 0.3) is 17.8 Å². The molecule has 16 heteroatoms. The molecule has 0 aliphatic carbocycles. The zero-order chi connectivity index (χ0) is 27.0. The van der Waals surface area contributed by atoms with Crippen LogP contribution in [0, 0.1) is 0 Å². The fraction of sp³-hybridized carbons (Fsp3) is 0.227. The van der Waals surface area contributed by atoms with Crippen molar-refractivity contribution in [2.45, 2.75) is 18.0 Å². The van der Waals surface area contributed by atoms with Crippen LogP contribution >= 0.6 is 11.8 Å². The van der Waals surface area contributed by atoms with E-state index >= 15 is 0 Å². The maximum absolute atomic E-state index is 13.1. The number of carbonyl (C=O) groups excluding carboxylic acids is 3. The quantitative estimate of drug-likeness (QED) is 0.101.